The van der Waals surface area contributed by atoms with Crippen LogP contribution in [0.5, 0.6) is 0 Å². The number of nitrogens with zero attached hydrogens (tertiary/aromatic N) is 3. The molecular formula is C26H31N5O5. The van der Waals surface area contributed by atoms with Crippen molar-refractivity contribution in [2.75, 3.05) is 19.7 Å². The van der Waals surface area contributed by atoms with Gasteiger partial charge in [-0.2, -0.15) is 5.10 Å². The molecule has 3 amide bonds. The first-order valence-electron chi connectivity index (χ1n) is 12.4. The molecule has 2 aliphatic heterocycles. The van der Waals surface area contributed by atoms with Crippen molar-refractivity contribution in [1.82, 2.24) is 25.3 Å². The molecular weight excluding hydrogens is 462 g/mol. The van der Waals surface area contributed by atoms with Gasteiger partial charge in [0.25, 0.3) is 11.8 Å². The van der Waals surface area contributed by atoms with Crippen LogP contribution in [0.2, 0.25) is 0 Å². The number of amides is 3. The highest BCUT2D eigenvalue weighted by atomic mass is 16.5. The van der Waals surface area contributed by atoms with E-state index in [0.29, 0.717) is 41.8 Å². The Balaban J connectivity index is 1.35. The fourth-order valence-electron chi connectivity index (χ4n) is 5.02. The lowest BCUT2D eigenvalue weighted by Crippen LogP contribution is -2.47. The molecule has 1 unspecified atom stereocenters. The van der Waals surface area contributed by atoms with E-state index in [1.54, 1.807) is 23.9 Å². The van der Waals surface area contributed by atoms with Crippen molar-refractivity contribution in [3.05, 3.63) is 53.5 Å². The molecule has 36 heavy (non-hydrogen) atoms. The summed E-state index contributed by atoms with van der Waals surface area (Å²) in [5, 5.41) is 11.0. The molecule has 1 aromatic carbocycles. The second-order valence-corrected chi connectivity index (χ2v) is 9.40. The maximum atomic E-state index is 13.6. The minimum Gasteiger partial charge on any atom is -0.463 e. The quantitative estimate of drug-likeness (QED) is 0.520. The highest BCUT2D eigenvalue weighted by molar-refractivity contribution is 6.07. The Bertz CT molecular complexity index is 1270. The number of benzene rings is 1. The third-order valence-electron chi connectivity index (χ3n) is 6.96. The molecule has 5 rings (SSSR count). The van der Waals surface area contributed by atoms with Crippen LogP contribution in [-0.4, -0.2) is 70.3 Å². The van der Waals surface area contributed by atoms with Gasteiger partial charge in [0.1, 0.15) is 23.6 Å². The number of aromatic nitrogens is 2. The van der Waals surface area contributed by atoms with E-state index in [-0.39, 0.29) is 30.4 Å². The zero-order valence-corrected chi connectivity index (χ0v) is 20.5. The van der Waals surface area contributed by atoms with E-state index in [1.807, 2.05) is 25.1 Å². The molecule has 0 bridgehead atoms. The lowest BCUT2D eigenvalue weighted by molar-refractivity contribution is -0.125. The number of para-hydroxylation sites is 1. The molecule has 3 atom stereocenters. The summed E-state index contributed by atoms with van der Waals surface area (Å²) >= 11 is 0. The van der Waals surface area contributed by atoms with Crippen LogP contribution in [0.15, 0.2) is 41.0 Å². The third kappa shape index (κ3) is 4.73. The summed E-state index contributed by atoms with van der Waals surface area (Å²) in [4.78, 5) is 41.4. The molecule has 2 aliphatic rings. The van der Waals surface area contributed by atoms with Crippen LogP contribution in [0.25, 0.3) is 11.0 Å². The second kappa shape index (κ2) is 10.1. The number of nitrogens with one attached hydrogen (secondary N) is 2. The van der Waals surface area contributed by atoms with Crippen LogP contribution >= 0.6 is 0 Å². The normalized spacial score (nSPS) is 21.7. The maximum Gasteiger partial charge on any atom is 0.269 e. The third-order valence-corrected chi connectivity index (χ3v) is 6.96. The summed E-state index contributed by atoms with van der Waals surface area (Å²) in [5.41, 5.74) is 2.27. The van der Waals surface area contributed by atoms with Gasteiger partial charge in [0.05, 0.1) is 17.4 Å². The number of furan rings is 1. The Labute approximate surface area is 208 Å². The number of fused-ring (bicyclic) bond motifs is 1. The number of rotatable bonds is 7. The van der Waals surface area contributed by atoms with Crippen molar-refractivity contribution in [3.8, 4) is 0 Å². The summed E-state index contributed by atoms with van der Waals surface area (Å²) in [6.07, 6.45) is 4.33. The molecule has 2 aromatic heterocycles. The van der Waals surface area contributed by atoms with E-state index in [1.165, 1.54) is 11.2 Å². The van der Waals surface area contributed by atoms with Crippen LogP contribution in [-0.2, 0) is 23.0 Å². The molecule has 0 radical (unpaired) electrons. The van der Waals surface area contributed by atoms with Crippen molar-refractivity contribution in [1.29, 1.82) is 0 Å². The van der Waals surface area contributed by atoms with Crippen LogP contribution in [0.3, 0.4) is 0 Å². The van der Waals surface area contributed by atoms with Gasteiger partial charge < -0.3 is 24.7 Å². The van der Waals surface area contributed by atoms with E-state index in [2.05, 4.69) is 15.7 Å². The van der Waals surface area contributed by atoms with Gasteiger partial charge in [-0.25, -0.2) is 0 Å². The Morgan fingerprint density at radius 2 is 2.06 bits per heavy atom. The monoisotopic (exact) mass is 493 g/mol. The summed E-state index contributed by atoms with van der Waals surface area (Å²) in [6.45, 7) is 3.28. The minimum absolute atomic E-state index is 0.00887. The van der Waals surface area contributed by atoms with Crippen LogP contribution < -0.4 is 10.6 Å². The molecule has 2 fully saturated rings. The predicted octanol–water partition coefficient (Wildman–Crippen LogP) is 2.04. The van der Waals surface area contributed by atoms with Gasteiger partial charge >= 0.3 is 0 Å². The molecule has 3 aromatic rings. The predicted molar refractivity (Wildman–Crippen MR) is 131 cm³/mol. The SMILES string of the molecule is CCc1cc(C(=O)N[C@@H]2C[C@@H](C(=O)NCC3CCCO3)N(C(=O)c3coc4ccccc34)C2)n(C)n1. The standard InChI is InChI=1S/C26H31N5O5/c1-3-16-11-21(30(2)29-16)25(33)28-17-12-22(24(32)27-13-18-7-6-10-35-18)31(14-17)26(34)20-15-36-23-9-5-4-8-19(20)23/h4-5,8-9,11,15,17-18,22H,3,6-7,10,12-14H2,1-2H3,(H,27,32)(H,28,33)/t17-,18?,22+/m1/s1. The van der Waals surface area contributed by atoms with Crippen molar-refractivity contribution >= 4 is 28.7 Å². The highest BCUT2D eigenvalue weighted by Gasteiger charge is 2.41. The second-order valence-electron chi connectivity index (χ2n) is 9.40. The van der Waals surface area contributed by atoms with E-state index in [0.717, 1.165) is 25.0 Å². The number of aryl methyl sites for hydroxylation is 2. The van der Waals surface area contributed by atoms with Gasteiger partial charge in [-0.05, 0) is 37.8 Å². The molecule has 2 saturated heterocycles. The summed E-state index contributed by atoms with van der Waals surface area (Å²) in [5.74, 6) is -0.837. The largest absolute Gasteiger partial charge is 0.463 e. The van der Waals surface area contributed by atoms with Gasteiger partial charge in [0, 0.05) is 38.2 Å². The first kappa shape index (κ1) is 24.1. The number of ether oxygens (including phenoxy) is 1. The maximum absolute atomic E-state index is 13.6. The zero-order chi connectivity index (χ0) is 25.2. The Hall–Kier alpha value is -3.66. The fourth-order valence-corrected chi connectivity index (χ4v) is 5.02. The molecule has 2 N–H and O–H groups in total. The summed E-state index contributed by atoms with van der Waals surface area (Å²) in [6, 6.07) is 7.94. The number of hydrogen-bond donors (Lipinski definition) is 2. The average Bonchev–Trinajstić information content (AvgIpc) is 3.68. The Morgan fingerprint density at radius 1 is 1.22 bits per heavy atom. The van der Waals surface area contributed by atoms with E-state index in [4.69, 9.17) is 9.15 Å². The Kier molecular flexibility index (Phi) is 6.77. The summed E-state index contributed by atoms with van der Waals surface area (Å²) in [7, 11) is 1.73. The van der Waals surface area contributed by atoms with Gasteiger partial charge in [-0.1, -0.05) is 25.1 Å². The lowest BCUT2D eigenvalue weighted by Gasteiger charge is -2.24. The zero-order valence-electron chi connectivity index (χ0n) is 20.5. The molecule has 0 saturated carbocycles. The smallest absolute Gasteiger partial charge is 0.269 e. The van der Waals surface area contributed by atoms with E-state index >= 15 is 0 Å². The fraction of sp³-hybridized carbons (Fsp3) is 0.462. The van der Waals surface area contributed by atoms with Crippen molar-refractivity contribution in [3.63, 3.8) is 0 Å². The highest BCUT2D eigenvalue weighted by Crippen LogP contribution is 2.27. The number of hydrogen-bond acceptors (Lipinski definition) is 6. The van der Waals surface area contributed by atoms with Crippen molar-refractivity contribution in [2.24, 2.45) is 7.05 Å². The van der Waals surface area contributed by atoms with Gasteiger partial charge in [-0.3, -0.25) is 19.1 Å². The number of likely N-dealkylation sites (tertiary alicyclic amines) is 1. The molecule has 10 heteroatoms. The first-order chi connectivity index (χ1) is 17.4. The number of carbonyl (C=O) groups excluding carboxylic acids is 3. The topological polar surface area (TPSA) is 119 Å². The van der Waals surface area contributed by atoms with Gasteiger partial charge in [0.15, 0.2) is 0 Å². The van der Waals surface area contributed by atoms with Crippen molar-refractivity contribution < 1.29 is 23.5 Å². The molecule has 0 spiro atoms. The first-order valence-corrected chi connectivity index (χ1v) is 12.4. The van der Waals surface area contributed by atoms with Crippen LogP contribution in [0, 0.1) is 0 Å². The lowest BCUT2D eigenvalue weighted by atomic mass is 10.1. The molecule has 0 aliphatic carbocycles. The van der Waals surface area contributed by atoms with Crippen molar-refractivity contribution in [2.45, 2.75) is 50.8 Å². The van der Waals surface area contributed by atoms with Crippen LogP contribution in [0.4, 0.5) is 0 Å². The van der Waals surface area contributed by atoms with E-state index < -0.39 is 12.1 Å². The van der Waals surface area contributed by atoms with Gasteiger partial charge in [-0.15, -0.1) is 0 Å². The van der Waals surface area contributed by atoms with Gasteiger partial charge in [0.2, 0.25) is 5.91 Å². The molecule has 190 valence electrons. The Morgan fingerprint density at radius 3 is 2.81 bits per heavy atom. The molecule has 4 heterocycles. The summed E-state index contributed by atoms with van der Waals surface area (Å²) < 4.78 is 12.7. The number of carbonyl (C=O) groups is 3. The average molecular weight is 494 g/mol. The van der Waals surface area contributed by atoms with Crippen LogP contribution in [0.1, 0.15) is 52.7 Å². The van der Waals surface area contributed by atoms with E-state index in [9.17, 15) is 14.4 Å². The minimum atomic E-state index is -0.726. The molecule has 10 nitrogen and oxygen atoms in total.